The number of hydrogen-bond acceptors (Lipinski definition) is 2. The molecule has 2 amide bonds. The summed E-state index contributed by atoms with van der Waals surface area (Å²) in [6, 6.07) is 14.2. The van der Waals surface area contributed by atoms with Gasteiger partial charge in [-0.05, 0) is 56.5 Å². The third-order valence-corrected chi connectivity index (χ3v) is 5.05. The number of halogens is 2. The molecular formula is C22H26Cl2N2O2. The van der Waals surface area contributed by atoms with E-state index in [1.807, 2.05) is 50.2 Å². The molecule has 1 unspecified atom stereocenters. The number of aryl methyl sites for hydroxylation is 1. The molecule has 0 spiro atoms. The van der Waals surface area contributed by atoms with Crippen molar-refractivity contribution in [2.24, 2.45) is 0 Å². The van der Waals surface area contributed by atoms with Crippen LogP contribution in [-0.4, -0.2) is 28.8 Å². The molecule has 0 saturated heterocycles. The van der Waals surface area contributed by atoms with Crippen LogP contribution in [0.4, 0.5) is 0 Å². The molecule has 150 valence electrons. The number of benzene rings is 2. The van der Waals surface area contributed by atoms with E-state index >= 15 is 0 Å². The summed E-state index contributed by atoms with van der Waals surface area (Å²) in [5.41, 5.74) is 1.84. The molecule has 2 rings (SSSR count). The average molecular weight is 421 g/mol. The number of nitrogens with zero attached hydrogens (tertiary/aromatic N) is 1. The maximum absolute atomic E-state index is 13.0. The smallest absolute Gasteiger partial charge is 0.242 e. The molecule has 4 nitrogen and oxygen atoms in total. The fraction of sp³-hybridized carbons (Fsp3) is 0.364. The third-order valence-electron chi connectivity index (χ3n) is 4.43. The standard InChI is InChI=1S/C22H26Cl2N2O2/c1-15(2)25-22(28)16(3)26(14-17-8-11-19(23)12-9-17)21(27)13-10-18-6-4-5-7-20(18)24/h4-9,11-12,15-16H,10,13-14H2,1-3H3,(H,25,28). The average Bonchev–Trinajstić information content (AvgIpc) is 2.65. The summed E-state index contributed by atoms with van der Waals surface area (Å²) < 4.78 is 0. The lowest BCUT2D eigenvalue weighted by Crippen LogP contribution is -2.49. The van der Waals surface area contributed by atoms with Crippen LogP contribution in [0.1, 0.15) is 38.3 Å². The molecular weight excluding hydrogens is 395 g/mol. The van der Waals surface area contributed by atoms with Crippen molar-refractivity contribution in [1.29, 1.82) is 0 Å². The van der Waals surface area contributed by atoms with Crippen molar-refractivity contribution < 1.29 is 9.59 Å². The van der Waals surface area contributed by atoms with Crippen molar-refractivity contribution in [3.05, 3.63) is 69.7 Å². The first-order valence-corrected chi connectivity index (χ1v) is 10.1. The van der Waals surface area contributed by atoms with Gasteiger partial charge in [-0.15, -0.1) is 0 Å². The van der Waals surface area contributed by atoms with Crippen LogP contribution in [0, 0.1) is 0 Å². The van der Waals surface area contributed by atoms with Crippen molar-refractivity contribution in [3.63, 3.8) is 0 Å². The summed E-state index contributed by atoms with van der Waals surface area (Å²) in [6.07, 6.45) is 0.796. The molecule has 2 aromatic rings. The summed E-state index contributed by atoms with van der Waals surface area (Å²) in [5, 5.41) is 4.15. The zero-order valence-electron chi connectivity index (χ0n) is 16.4. The van der Waals surface area contributed by atoms with E-state index in [0.717, 1.165) is 11.1 Å². The molecule has 0 radical (unpaired) electrons. The van der Waals surface area contributed by atoms with Gasteiger partial charge in [0.2, 0.25) is 11.8 Å². The first-order valence-electron chi connectivity index (χ1n) is 9.35. The zero-order valence-corrected chi connectivity index (χ0v) is 17.9. The van der Waals surface area contributed by atoms with E-state index in [2.05, 4.69) is 5.32 Å². The van der Waals surface area contributed by atoms with E-state index in [-0.39, 0.29) is 24.3 Å². The molecule has 0 aliphatic rings. The summed E-state index contributed by atoms with van der Waals surface area (Å²) in [5.74, 6) is -0.267. The maximum Gasteiger partial charge on any atom is 0.242 e. The lowest BCUT2D eigenvalue weighted by Gasteiger charge is -2.29. The predicted octanol–water partition coefficient (Wildman–Crippen LogP) is 4.87. The number of carbonyl (C=O) groups is 2. The van der Waals surface area contributed by atoms with Gasteiger partial charge in [0.05, 0.1) is 0 Å². The molecule has 0 bridgehead atoms. The number of rotatable bonds is 8. The van der Waals surface area contributed by atoms with Crippen LogP contribution in [0.15, 0.2) is 48.5 Å². The maximum atomic E-state index is 13.0. The molecule has 6 heteroatoms. The number of hydrogen-bond donors (Lipinski definition) is 1. The highest BCUT2D eigenvalue weighted by Gasteiger charge is 2.26. The Bertz CT molecular complexity index is 806. The lowest BCUT2D eigenvalue weighted by atomic mass is 10.1. The topological polar surface area (TPSA) is 49.4 Å². The van der Waals surface area contributed by atoms with E-state index in [4.69, 9.17) is 23.2 Å². The van der Waals surface area contributed by atoms with Crippen LogP contribution in [0.3, 0.4) is 0 Å². The first-order chi connectivity index (χ1) is 13.3. The Morgan fingerprint density at radius 2 is 1.64 bits per heavy atom. The second kappa shape index (κ2) is 10.5. The molecule has 0 fully saturated rings. The molecule has 0 aliphatic carbocycles. The highest BCUT2D eigenvalue weighted by atomic mass is 35.5. The Hall–Kier alpha value is -2.04. The van der Waals surface area contributed by atoms with Gasteiger partial charge in [0.1, 0.15) is 6.04 Å². The van der Waals surface area contributed by atoms with Gasteiger partial charge in [0.25, 0.3) is 0 Å². The summed E-state index contributed by atoms with van der Waals surface area (Å²) in [6.45, 7) is 5.88. The van der Waals surface area contributed by atoms with Crippen LogP contribution >= 0.6 is 23.2 Å². The fourth-order valence-corrected chi connectivity index (χ4v) is 3.22. The summed E-state index contributed by atoms with van der Waals surface area (Å²) in [7, 11) is 0. The van der Waals surface area contributed by atoms with Gasteiger partial charge >= 0.3 is 0 Å². The molecule has 28 heavy (non-hydrogen) atoms. The van der Waals surface area contributed by atoms with Crippen molar-refractivity contribution >= 4 is 35.0 Å². The number of nitrogens with one attached hydrogen (secondary N) is 1. The predicted molar refractivity (Wildman–Crippen MR) is 115 cm³/mol. The monoisotopic (exact) mass is 420 g/mol. The van der Waals surface area contributed by atoms with Crippen molar-refractivity contribution in [3.8, 4) is 0 Å². The second-order valence-corrected chi connectivity index (χ2v) is 7.92. The number of amides is 2. The molecule has 0 aliphatic heterocycles. The minimum absolute atomic E-state index is 0.00515. The Labute approximate surface area is 176 Å². The van der Waals surface area contributed by atoms with Gasteiger partial charge in [0.15, 0.2) is 0 Å². The van der Waals surface area contributed by atoms with Crippen LogP contribution in [0.2, 0.25) is 10.0 Å². The quantitative estimate of drug-likeness (QED) is 0.661. The second-order valence-electron chi connectivity index (χ2n) is 7.08. The van der Waals surface area contributed by atoms with E-state index in [1.165, 1.54) is 0 Å². The molecule has 0 saturated carbocycles. The fourth-order valence-electron chi connectivity index (χ4n) is 2.86. The van der Waals surface area contributed by atoms with Crippen LogP contribution in [-0.2, 0) is 22.6 Å². The SMILES string of the molecule is CC(C)NC(=O)C(C)N(Cc1ccc(Cl)cc1)C(=O)CCc1ccccc1Cl. The van der Waals surface area contributed by atoms with Crippen molar-refractivity contribution in [2.75, 3.05) is 0 Å². The molecule has 0 aromatic heterocycles. The van der Waals surface area contributed by atoms with E-state index in [9.17, 15) is 9.59 Å². The number of carbonyl (C=O) groups excluding carboxylic acids is 2. The Balaban J connectivity index is 2.15. The van der Waals surface area contributed by atoms with E-state index < -0.39 is 6.04 Å². The minimum Gasteiger partial charge on any atom is -0.352 e. The largest absolute Gasteiger partial charge is 0.352 e. The summed E-state index contributed by atoms with van der Waals surface area (Å²) >= 11 is 12.2. The normalized spacial score (nSPS) is 11.9. The van der Waals surface area contributed by atoms with Gasteiger partial charge in [-0.25, -0.2) is 0 Å². The molecule has 0 heterocycles. The van der Waals surface area contributed by atoms with Crippen molar-refractivity contribution in [2.45, 2.75) is 52.2 Å². The zero-order chi connectivity index (χ0) is 20.7. The van der Waals surface area contributed by atoms with Crippen LogP contribution in [0.5, 0.6) is 0 Å². The minimum atomic E-state index is -0.586. The van der Waals surface area contributed by atoms with Crippen LogP contribution in [0.25, 0.3) is 0 Å². The molecule has 2 aromatic carbocycles. The highest BCUT2D eigenvalue weighted by Crippen LogP contribution is 2.19. The van der Waals surface area contributed by atoms with Gasteiger partial charge in [-0.2, -0.15) is 0 Å². The Kier molecular flexibility index (Phi) is 8.34. The lowest BCUT2D eigenvalue weighted by molar-refractivity contribution is -0.140. The molecule has 1 N–H and O–H groups in total. The van der Waals surface area contributed by atoms with Crippen molar-refractivity contribution in [1.82, 2.24) is 10.2 Å². The van der Waals surface area contributed by atoms with E-state index in [1.54, 1.807) is 24.0 Å². The van der Waals surface area contributed by atoms with Gasteiger partial charge in [-0.3, -0.25) is 9.59 Å². The van der Waals surface area contributed by atoms with Gasteiger partial charge < -0.3 is 10.2 Å². The van der Waals surface area contributed by atoms with E-state index in [0.29, 0.717) is 23.0 Å². The van der Waals surface area contributed by atoms with Gasteiger partial charge in [-0.1, -0.05) is 53.5 Å². The Morgan fingerprint density at radius 1 is 1.00 bits per heavy atom. The first kappa shape index (κ1) is 22.3. The summed E-state index contributed by atoms with van der Waals surface area (Å²) in [4.78, 5) is 27.1. The highest BCUT2D eigenvalue weighted by molar-refractivity contribution is 6.31. The van der Waals surface area contributed by atoms with Crippen LogP contribution < -0.4 is 5.32 Å². The Morgan fingerprint density at radius 3 is 2.25 bits per heavy atom. The van der Waals surface area contributed by atoms with Gasteiger partial charge in [0, 0.05) is 29.1 Å². The third kappa shape index (κ3) is 6.54. The molecule has 1 atom stereocenters.